The Morgan fingerprint density at radius 2 is 1.76 bits per heavy atom. The second-order valence-electron chi connectivity index (χ2n) is 4.41. The first kappa shape index (κ1) is 14.6. The van der Waals surface area contributed by atoms with E-state index in [1.54, 1.807) is 24.3 Å². The van der Waals surface area contributed by atoms with Crippen LogP contribution in [0.4, 0.5) is 0 Å². The molecule has 2 N–H and O–H groups in total. The number of rotatable bonds is 5. The molecule has 0 atom stereocenters. The first-order chi connectivity index (χ1) is 10.1. The fourth-order valence-corrected chi connectivity index (χ4v) is 1.56. The second-order valence-corrected chi connectivity index (χ2v) is 4.41. The van der Waals surface area contributed by atoms with E-state index in [0.29, 0.717) is 11.3 Å². The van der Waals surface area contributed by atoms with Crippen molar-refractivity contribution >= 4 is 11.8 Å². The zero-order valence-electron chi connectivity index (χ0n) is 11.7. The monoisotopic (exact) mass is 284 g/mol. The summed E-state index contributed by atoms with van der Waals surface area (Å²) in [7, 11) is 0. The number of carbonyl (C=O) groups is 1. The molecular formula is C16H16N2O3. The standard InChI is InChI=1S/C16H16N2O3/c1-12-7-9-14(10-8-12)20-11-15(19)21-18-16(17)13-5-3-2-4-6-13/h2-10H,11H2,1H3,(H2,17,18). The van der Waals surface area contributed by atoms with Crippen LogP contribution in [0, 0.1) is 6.92 Å². The Balaban J connectivity index is 1.83. The highest BCUT2D eigenvalue weighted by Gasteiger charge is 2.05. The maximum Gasteiger partial charge on any atom is 0.372 e. The normalized spacial score (nSPS) is 11.0. The Labute approximate surface area is 123 Å². The Hall–Kier alpha value is -2.82. The molecule has 0 aliphatic heterocycles. The topological polar surface area (TPSA) is 73.9 Å². The van der Waals surface area contributed by atoms with E-state index in [0.717, 1.165) is 5.56 Å². The van der Waals surface area contributed by atoms with Gasteiger partial charge in [0.25, 0.3) is 0 Å². The van der Waals surface area contributed by atoms with Crippen LogP contribution >= 0.6 is 0 Å². The smallest absolute Gasteiger partial charge is 0.372 e. The summed E-state index contributed by atoms with van der Waals surface area (Å²) in [5.74, 6) is 0.117. The predicted octanol–water partition coefficient (Wildman–Crippen LogP) is 2.24. The van der Waals surface area contributed by atoms with E-state index in [1.165, 1.54) is 0 Å². The molecule has 0 fully saturated rings. The number of aryl methyl sites for hydroxylation is 1. The van der Waals surface area contributed by atoms with Crippen LogP contribution in [-0.4, -0.2) is 18.4 Å². The molecule has 2 rings (SSSR count). The number of carbonyl (C=O) groups excluding carboxylic acids is 1. The lowest BCUT2D eigenvalue weighted by Crippen LogP contribution is -2.17. The molecule has 0 amide bonds. The summed E-state index contributed by atoms with van der Waals surface area (Å²) in [6, 6.07) is 16.4. The Bertz CT molecular complexity index is 622. The summed E-state index contributed by atoms with van der Waals surface area (Å²) in [6.45, 7) is 1.74. The summed E-state index contributed by atoms with van der Waals surface area (Å²) in [4.78, 5) is 16.2. The van der Waals surface area contributed by atoms with Crippen molar-refractivity contribution in [2.75, 3.05) is 6.61 Å². The summed E-state index contributed by atoms with van der Waals surface area (Å²) >= 11 is 0. The van der Waals surface area contributed by atoms with Crippen molar-refractivity contribution in [3.05, 3.63) is 65.7 Å². The molecule has 21 heavy (non-hydrogen) atoms. The third-order valence-electron chi connectivity index (χ3n) is 2.69. The minimum Gasteiger partial charge on any atom is -0.482 e. The molecule has 0 saturated heterocycles. The highest BCUT2D eigenvalue weighted by molar-refractivity contribution is 5.97. The lowest BCUT2D eigenvalue weighted by Gasteiger charge is -2.04. The summed E-state index contributed by atoms with van der Waals surface area (Å²) in [5, 5.41) is 3.59. The number of benzene rings is 2. The highest BCUT2D eigenvalue weighted by atomic mass is 16.7. The van der Waals surface area contributed by atoms with E-state index in [-0.39, 0.29) is 12.4 Å². The average molecular weight is 284 g/mol. The van der Waals surface area contributed by atoms with Crippen LogP contribution in [0.15, 0.2) is 59.8 Å². The van der Waals surface area contributed by atoms with Crippen LogP contribution in [0.3, 0.4) is 0 Å². The summed E-state index contributed by atoms with van der Waals surface area (Å²) in [6.07, 6.45) is 0. The molecule has 0 heterocycles. The molecule has 108 valence electrons. The van der Waals surface area contributed by atoms with E-state index in [4.69, 9.17) is 15.3 Å². The molecule has 0 bridgehead atoms. The van der Waals surface area contributed by atoms with Gasteiger partial charge in [0.05, 0.1) is 0 Å². The number of hydrogen-bond donors (Lipinski definition) is 1. The molecule has 0 aliphatic rings. The molecule has 0 spiro atoms. The second kappa shape index (κ2) is 7.09. The minimum absolute atomic E-state index is 0.138. The molecule has 0 aliphatic carbocycles. The summed E-state index contributed by atoms with van der Waals surface area (Å²) in [5.41, 5.74) is 7.50. The number of oxime groups is 1. The fraction of sp³-hybridized carbons (Fsp3) is 0.125. The van der Waals surface area contributed by atoms with E-state index < -0.39 is 5.97 Å². The molecule has 0 aromatic heterocycles. The fourth-order valence-electron chi connectivity index (χ4n) is 1.56. The van der Waals surface area contributed by atoms with Gasteiger partial charge in [-0.15, -0.1) is 0 Å². The van der Waals surface area contributed by atoms with Crippen LogP contribution in [-0.2, 0) is 9.63 Å². The van der Waals surface area contributed by atoms with Gasteiger partial charge >= 0.3 is 5.97 Å². The highest BCUT2D eigenvalue weighted by Crippen LogP contribution is 2.11. The molecule has 5 heteroatoms. The number of nitrogens with two attached hydrogens (primary N) is 1. The maximum absolute atomic E-state index is 11.5. The number of amidine groups is 1. The van der Waals surface area contributed by atoms with Gasteiger partial charge in [-0.05, 0) is 19.1 Å². The van der Waals surface area contributed by atoms with Crippen LogP contribution in [0.5, 0.6) is 5.75 Å². The average Bonchev–Trinajstić information content (AvgIpc) is 2.53. The SMILES string of the molecule is Cc1ccc(OCC(=O)O/N=C(\N)c2ccccc2)cc1. The van der Waals surface area contributed by atoms with Gasteiger partial charge < -0.3 is 15.3 Å². The van der Waals surface area contributed by atoms with E-state index in [2.05, 4.69) is 5.16 Å². The molecule has 0 unspecified atom stereocenters. The zero-order chi connectivity index (χ0) is 15.1. The van der Waals surface area contributed by atoms with Crippen molar-refractivity contribution in [2.45, 2.75) is 6.92 Å². The number of ether oxygens (including phenoxy) is 1. The van der Waals surface area contributed by atoms with E-state index >= 15 is 0 Å². The predicted molar refractivity (Wildman–Crippen MR) is 79.9 cm³/mol. The van der Waals surface area contributed by atoms with E-state index in [1.807, 2.05) is 37.3 Å². The van der Waals surface area contributed by atoms with Gasteiger partial charge in [-0.3, -0.25) is 0 Å². The summed E-state index contributed by atoms with van der Waals surface area (Å²) < 4.78 is 5.28. The zero-order valence-corrected chi connectivity index (χ0v) is 11.7. The van der Waals surface area contributed by atoms with Crippen molar-refractivity contribution in [3.63, 3.8) is 0 Å². The number of hydrogen-bond acceptors (Lipinski definition) is 4. The van der Waals surface area contributed by atoms with Crippen LogP contribution in [0.1, 0.15) is 11.1 Å². The molecule has 0 radical (unpaired) electrons. The Morgan fingerprint density at radius 3 is 2.43 bits per heavy atom. The van der Waals surface area contributed by atoms with Crippen molar-refractivity contribution in [1.82, 2.24) is 0 Å². The van der Waals surface area contributed by atoms with Crippen molar-refractivity contribution in [2.24, 2.45) is 10.9 Å². The van der Waals surface area contributed by atoms with Gasteiger partial charge in [0.2, 0.25) is 0 Å². The third kappa shape index (κ3) is 4.65. The van der Waals surface area contributed by atoms with Gasteiger partial charge in [0, 0.05) is 5.56 Å². The van der Waals surface area contributed by atoms with Crippen LogP contribution in [0.2, 0.25) is 0 Å². The molecule has 5 nitrogen and oxygen atoms in total. The van der Waals surface area contributed by atoms with Gasteiger partial charge in [-0.2, -0.15) is 0 Å². The maximum atomic E-state index is 11.5. The Morgan fingerprint density at radius 1 is 1.10 bits per heavy atom. The molecular weight excluding hydrogens is 268 g/mol. The number of nitrogens with zero attached hydrogens (tertiary/aromatic N) is 1. The largest absolute Gasteiger partial charge is 0.482 e. The molecule has 2 aromatic carbocycles. The van der Waals surface area contributed by atoms with Crippen LogP contribution < -0.4 is 10.5 Å². The van der Waals surface area contributed by atoms with Gasteiger partial charge in [0.15, 0.2) is 12.4 Å². The quantitative estimate of drug-likeness (QED) is 0.395. The lowest BCUT2D eigenvalue weighted by molar-refractivity contribution is -0.146. The third-order valence-corrected chi connectivity index (χ3v) is 2.69. The first-order valence-electron chi connectivity index (χ1n) is 6.43. The molecule has 0 saturated carbocycles. The minimum atomic E-state index is -0.616. The van der Waals surface area contributed by atoms with Gasteiger partial charge in [-0.25, -0.2) is 4.79 Å². The van der Waals surface area contributed by atoms with Crippen molar-refractivity contribution in [3.8, 4) is 5.75 Å². The van der Waals surface area contributed by atoms with Crippen molar-refractivity contribution < 1.29 is 14.4 Å². The van der Waals surface area contributed by atoms with E-state index in [9.17, 15) is 4.79 Å². The van der Waals surface area contributed by atoms with Crippen molar-refractivity contribution in [1.29, 1.82) is 0 Å². The Kier molecular flexibility index (Phi) is 4.93. The molecule has 2 aromatic rings. The van der Waals surface area contributed by atoms with Gasteiger partial charge in [-0.1, -0.05) is 53.2 Å². The lowest BCUT2D eigenvalue weighted by atomic mass is 10.2. The first-order valence-corrected chi connectivity index (χ1v) is 6.43. The van der Waals surface area contributed by atoms with Gasteiger partial charge in [0.1, 0.15) is 5.75 Å². The van der Waals surface area contributed by atoms with Crippen LogP contribution in [0.25, 0.3) is 0 Å².